The Balaban J connectivity index is 1.42. The summed E-state index contributed by atoms with van der Waals surface area (Å²) in [5, 5.41) is 5.99. The average molecular weight is 299 g/mol. The van der Waals surface area contributed by atoms with Gasteiger partial charge in [-0.3, -0.25) is 4.90 Å². The zero-order chi connectivity index (χ0) is 15.2. The fourth-order valence-electron chi connectivity index (χ4n) is 3.35. The van der Waals surface area contributed by atoms with Crippen LogP contribution in [0.4, 0.5) is 10.5 Å². The van der Waals surface area contributed by atoms with Crippen molar-refractivity contribution in [2.24, 2.45) is 0 Å². The largest absolute Gasteiger partial charge is 0.335 e. The molecular formula is C18H25N3O. The van der Waals surface area contributed by atoms with Crippen LogP contribution < -0.4 is 10.6 Å². The third kappa shape index (κ3) is 4.10. The molecule has 1 heterocycles. The first-order chi connectivity index (χ1) is 10.8. The Morgan fingerprint density at radius 2 is 1.86 bits per heavy atom. The van der Waals surface area contributed by atoms with Gasteiger partial charge in [0.1, 0.15) is 0 Å². The molecule has 1 unspecified atom stereocenters. The minimum absolute atomic E-state index is 0.0952. The first-order valence-electron chi connectivity index (χ1n) is 8.34. The molecule has 22 heavy (non-hydrogen) atoms. The van der Waals surface area contributed by atoms with E-state index in [1.165, 1.54) is 19.3 Å². The molecule has 4 nitrogen and oxygen atoms in total. The number of nitrogens with zero attached hydrogens (tertiary/aromatic N) is 1. The lowest BCUT2D eigenvalue weighted by molar-refractivity contribution is 0.158. The first kappa shape index (κ1) is 15.1. The molecule has 2 aliphatic rings. The first-order valence-corrected chi connectivity index (χ1v) is 8.34. The molecule has 4 heteroatoms. The lowest BCUT2D eigenvalue weighted by Crippen LogP contribution is -2.48. The van der Waals surface area contributed by atoms with Crippen molar-refractivity contribution >= 4 is 11.7 Å². The summed E-state index contributed by atoms with van der Waals surface area (Å²) in [7, 11) is 0. The Morgan fingerprint density at radius 3 is 2.55 bits per heavy atom. The van der Waals surface area contributed by atoms with E-state index >= 15 is 0 Å². The molecule has 118 valence electrons. The topological polar surface area (TPSA) is 44.4 Å². The summed E-state index contributed by atoms with van der Waals surface area (Å²) in [6.07, 6.45) is 10.6. The van der Waals surface area contributed by atoms with Crippen molar-refractivity contribution in [3.63, 3.8) is 0 Å². The Bertz CT molecular complexity index is 506. The van der Waals surface area contributed by atoms with Crippen LogP contribution >= 0.6 is 0 Å². The minimum atomic E-state index is -0.0952. The van der Waals surface area contributed by atoms with E-state index in [1.54, 1.807) is 0 Å². The van der Waals surface area contributed by atoms with Crippen LogP contribution in [0, 0.1) is 0 Å². The minimum Gasteiger partial charge on any atom is -0.335 e. The molecule has 0 saturated carbocycles. The number of allylic oxidation sites excluding steroid dienone is 1. The van der Waals surface area contributed by atoms with Gasteiger partial charge in [-0.1, -0.05) is 30.4 Å². The summed E-state index contributed by atoms with van der Waals surface area (Å²) in [4.78, 5) is 14.6. The van der Waals surface area contributed by atoms with Gasteiger partial charge in [0.25, 0.3) is 0 Å². The molecule has 1 aliphatic carbocycles. The predicted octanol–water partition coefficient (Wildman–Crippen LogP) is 3.38. The van der Waals surface area contributed by atoms with Gasteiger partial charge in [-0.05, 0) is 44.2 Å². The predicted molar refractivity (Wildman–Crippen MR) is 90.0 cm³/mol. The average Bonchev–Trinajstić information content (AvgIpc) is 2.57. The van der Waals surface area contributed by atoms with Crippen LogP contribution in [0.3, 0.4) is 0 Å². The van der Waals surface area contributed by atoms with Crippen molar-refractivity contribution in [3.8, 4) is 0 Å². The number of nitrogens with one attached hydrogen (secondary N) is 2. The summed E-state index contributed by atoms with van der Waals surface area (Å²) in [5.74, 6) is 0. The number of likely N-dealkylation sites (tertiary alicyclic amines) is 1. The molecule has 0 spiro atoms. The van der Waals surface area contributed by atoms with Crippen molar-refractivity contribution in [2.75, 3.05) is 18.4 Å². The number of carbonyl (C=O) groups is 1. The zero-order valence-electron chi connectivity index (χ0n) is 13.0. The summed E-state index contributed by atoms with van der Waals surface area (Å²) < 4.78 is 0. The third-order valence-corrected chi connectivity index (χ3v) is 4.59. The fourth-order valence-corrected chi connectivity index (χ4v) is 3.35. The maximum atomic E-state index is 12.0. The van der Waals surface area contributed by atoms with E-state index in [4.69, 9.17) is 0 Å². The lowest BCUT2D eigenvalue weighted by atomic mass is 9.97. The van der Waals surface area contributed by atoms with Crippen molar-refractivity contribution in [1.29, 1.82) is 0 Å². The van der Waals surface area contributed by atoms with Gasteiger partial charge in [0.15, 0.2) is 0 Å². The quantitative estimate of drug-likeness (QED) is 0.840. The molecule has 0 aromatic heterocycles. The van der Waals surface area contributed by atoms with Gasteiger partial charge in [-0.2, -0.15) is 0 Å². The third-order valence-electron chi connectivity index (χ3n) is 4.59. The highest BCUT2D eigenvalue weighted by Crippen LogP contribution is 2.21. The highest BCUT2D eigenvalue weighted by atomic mass is 16.2. The standard InChI is InChI=1S/C18H25N3O/c22-18(19-15-7-3-1-4-8-15)20-16-11-13-21(14-12-16)17-9-5-2-6-10-17/h1,3-5,7-9,16-17H,2,6,10-14H2,(H2,19,20,22). The molecule has 1 saturated heterocycles. The molecule has 2 amide bonds. The number of benzene rings is 1. The molecule has 1 aromatic carbocycles. The normalized spacial score (nSPS) is 23.2. The smallest absolute Gasteiger partial charge is 0.319 e. The molecule has 2 N–H and O–H groups in total. The Labute approximate surface area is 132 Å². The highest BCUT2D eigenvalue weighted by Gasteiger charge is 2.25. The maximum absolute atomic E-state index is 12.0. The van der Waals surface area contributed by atoms with Gasteiger partial charge in [-0.15, -0.1) is 0 Å². The molecule has 3 rings (SSSR count). The highest BCUT2D eigenvalue weighted by molar-refractivity contribution is 5.89. The van der Waals surface area contributed by atoms with Crippen LogP contribution in [-0.2, 0) is 0 Å². The molecule has 0 radical (unpaired) electrons. The van der Waals surface area contributed by atoms with E-state index in [1.807, 2.05) is 30.3 Å². The summed E-state index contributed by atoms with van der Waals surface area (Å²) in [5.41, 5.74) is 0.838. The maximum Gasteiger partial charge on any atom is 0.319 e. The van der Waals surface area contributed by atoms with E-state index < -0.39 is 0 Å². The van der Waals surface area contributed by atoms with Crippen LogP contribution in [0.5, 0.6) is 0 Å². The van der Waals surface area contributed by atoms with Crippen LogP contribution in [0.2, 0.25) is 0 Å². The van der Waals surface area contributed by atoms with E-state index in [0.717, 1.165) is 31.6 Å². The number of rotatable bonds is 3. The van der Waals surface area contributed by atoms with E-state index in [2.05, 4.69) is 27.7 Å². The zero-order valence-corrected chi connectivity index (χ0v) is 13.0. The van der Waals surface area contributed by atoms with Gasteiger partial charge >= 0.3 is 6.03 Å². The molecule has 1 aliphatic heterocycles. The van der Waals surface area contributed by atoms with Gasteiger partial charge in [0.05, 0.1) is 0 Å². The second-order valence-electron chi connectivity index (χ2n) is 6.20. The fraction of sp³-hybridized carbons (Fsp3) is 0.500. The number of amides is 2. The van der Waals surface area contributed by atoms with Gasteiger partial charge in [0.2, 0.25) is 0 Å². The number of anilines is 1. The number of para-hydroxylation sites is 1. The Kier molecular flexibility index (Phi) is 5.11. The number of piperidine rings is 1. The van der Waals surface area contributed by atoms with Crippen LogP contribution in [0.15, 0.2) is 42.5 Å². The molecular weight excluding hydrogens is 274 g/mol. The van der Waals surface area contributed by atoms with Crippen LogP contribution in [-0.4, -0.2) is 36.1 Å². The molecule has 0 bridgehead atoms. The summed E-state index contributed by atoms with van der Waals surface area (Å²) in [6.45, 7) is 2.15. The number of urea groups is 1. The Morgan fingerprint density at radius 1 is 1.09 bits per heavy atom. The van der Waals surface area contributed by atoms with Crippen molar-refractivity contribution in [3.05, 3.63) is 42.5 Å². The van der Waals surface area contributed by atoms with E-state index in [0.29, 0.717) is 6.04 Å². The summed E-state index contributed by atoms with van der Waals surface area (Å²) in [6, 6.07) is 10.4. The van der Waals surface area contributed by atoms with E-state index in [9.17, 15) is 4.79 Å². The van der Waals surface area contributed by atoms with Crippen molar-refractivity contribution in [2.45, 2.75) is 44.2 Å². The molecule has 1 fully saturated rings. The second kappa shape index (κ2) is 7.45. The SMILES string of the molecule is O=C(Nc1ccccc1)NC1CCN(C2C=CCCC2)CC1. The number of hydrogen-bond acceptors (Lipinski definition) is 2. The van der Waals surface area contributed by atoms with Crippen LogP contribution in [0.1, 0.15) is 32.1 Å². The monoisotopic (exact) mass is 299 g/mol. The summed E-state index contributed by atoms with van der Waals surface area (Å²) >= 11 is 0. The van der Waals surface area contributed by atoms with Gasteiger partial charge < -0.3 is 10.6 Å². The lowest BCUT2D eigenvalue weighted by Gasteiger charge is -2.37. The van der Waals surface area contributed by atoms with Crippen molar-refractivity contribution in [1.82, 2.24) is 10.2 Å². The van der Waals surface area contributed by atoms with Crippen molar-refractivity contribution < 1.29 is 4.79 Å². The Hall–Kier alpha value is -1.81. The number of carbonyl (C=O) groups excluding carboxylic acids is 1. The molecule has 1 atom stereocenters. The van der Waals surface area contributed by atoms with Gasteiger partial charge in [0, 0.05) is 30.9 Å². The van der Waals surface area contributed by atoms with E-state index in [-0.39, 0.29) is 12.1 Å². The second-order valence-corrected chi connectivity index (χ2v) is 6.20. The molecule has 1 aromatic rings. The number of hydrogen-bond donors (Lipinski definition) is 2. The van der Waals surface area contributed by atoms with Gasteiger partial charge in [-0.25, -0.2) is 4.79 Å². The van der Waals surface area contributed by atoms with Crippen LogP contribution in [0.25, 0.3) is 0 Å².